The number of carbonyl (C=O) groups excluding carboxylic acids is 4. The fourth-order valence-electron chi connectivity index (χ4n) is 2.15. The number of hydrogen-bond donors (Lipinski definition) is 0. The Bertz CT molecular complexity index is 466. The Morgan fingerprint density at radius 2 is 1.04 bits per heavy atom. The standard InChI is InChI=1S/C18H31NO7/c1-7-15(20)24-12(4)10-19(11-13(5)25-16(21)8-2)18(23)14(6)26-17(22)9-3/h12-14H,7-11H2,1-6H3/t12-,13-,14+/m0/s1. The first kappa shape index (κ1) is 23.9. The average molecular weight is 373 g/mol. The summed E-state index contributed by atoms with van der Waals surface area (Å²) in [5.41, 5.74) is 0. The third kappa shape index (κ3) is 9.39. The maximum Gasteiger partial charge on any atom is 0.306 e. The van der Waals surface area contributed by atoms with Gasteiger partial charge in [0.15, 0.2) is 6.10 Å². The zero-order valence-corrected chi connectivity index (χ0v) is 16.6. The molecular formula is C18H31NO7. The second-order valence-electron chi connectivity index (χ2n) is 6.04. The first-order chi connectivity index (χ1) is 12.1. The predicted molar refractivity (Wildman–Crippen MR) is 94.1 cm³/mol. The molecule has 0 aliphatic heterocycles. The van der Waals surface area contributed by atoms with E-state index in [1.54, 1.807) is 34.6 Å². The molecule has 0 saturated heterocycles. The van der Waals surface area contributed by atoms with Gasteiger partial charge in [-0.05, 0) is 20.8 Å². The molecule has 0 aromatic heterocycles. The van der Waals surface area contributed by atoms with Crippen molar-refractivity contribution >= 4 is 23.8 Å². The van der Waals surface area contributed by atoms with E-state index in [1.807, 2.05) is 0 Å². The van der Waals surface area contributed by atoms with Crippen LogP contribution in [0.3, 0.4) is 0 Å². The van der Waals surface area contributed by atoms with E-state index in [-0.39, 0.29) is 44.3 Å². The van der Waals surface area contributed by atoms with E-state index >= 15 is 0 Å². The minimum atomic E-state index is -0.981. The highest BCUT2D eigenvalue weighted by molar-refractivity contribution is 5.83. The largest absolute Gasteiger partial charge is 0.461 e. The van der Waals surface area contributed by atoms with Crippen molar-refractivity contribution in [3.05, 3.63) is 0 Å². The Balaban J connectivity index is 5.06. The van der Waals surface area contributed by atoms with Crippen LogP contribution in [0.4, 0.5) is 0 Å². The smallest absolute Gasteiger partial charge is 0.306 e. The van der Waals surface area contributed by atoms with Crippen LogP contribution in [-0.2, 0) is 33.4 Å². The monoisotopic (exact) mass is 373 g/mol. The Hall–Kier alpha value is -2.12. The molecule has 0 spiro atoms. The molecule has 0 fully saturated rings. The third-order valence-corrected chi connectivity index (χ3v) is 3.45. The molecule has 0 bridgehead atoms. The number of carbonyl (C=O) groups is 4. The van der Waals surface area contributed by atoms with Crippen LogP contribution >= 0.6 is 0 Å². The van der Waals surface area contributed by atoms with Gasteiger partial charge in [-0.3, -0.25) is 19.2 Å². The van der Waals surface area contributed by atoms with E-state index in [9.17, 15) is 19.2 Å². The van der Waals surface area contributed by atoms with Crippen molar-refractivity contribution in [1.82, 2.24) is 4.90 Å². The lowest BCUT2D eigenvalue weighted by Gasteiger charge is -2.30. The number of nitrogens with zero attached hydrogens (tertiary/aromatic N) is 1. The topological polar surface area (TPSA) is 99.2 Å². The Morgan fingerprint density at radius 3 is 1.38 bits per heavy atom. The molecule has 0 aliphatic rings. The summed E-state index contributed by atoms with van der Waals surface area (Å²) in [4.78, 5) is 48.3. The van der Waals surface area contributed by atoms with Gasteiger partial charge in [0.25, 0.3) is 5.91 Å². The molecule has 0 aromatic carbocycles. The van der Waals surface area contributed by atoms with Crippen LogP contribution in [0.5, 0.6) is 0 Å². The third-order valence-electron chi connectivity index (χ3n) is 3.45. The van der Waals surface area contributed by atoms with Gasteiger partial charge in [-0.1, -0.05) is 20.8 Å². The fourth-order valence-corrected chi connectivity index (χ4v) is 2.15. The highest BCUT2D eigenvalue weighted by Crippen LogP contribution is 2.08. The molecule has 8 nitrogen and oxygen atoms in total. The lowest BCUT2D eigenvalue weighted by molar-refractivity contribution is -0.162. The molecule has 8 heteroatoms. The molecule has 0 rings (SSSR count). The van der Waals surface area contributed by atoms with Crippen molar-refractivity contribution in [1.29, 1.82) is 0 Å². The minimum absolute atomic E-state index is 0.104. The summed E-state index contributed by atoms with van der Waals surface area (Å²) < 4.78 is 15.5. The summed E-state index contributed by atoms with van der Waals surface area (Å²) in [6.07, 6.45) is -1.46. The number of rotatable bonds is 11. The first-order valence-electron chi connectivity index (χ1n) is 9.01. The second-order valence-corrected chi connectivity index (χ2v) is 6.04. The van der Waals surface area contributed by atoms with Crippen molar-refractivity contribution in [3.8, 4) is 0 Å². The average Bonchev–Trinajstić information content (AvgIpc) is 2.59. The maximum atomic E-state index is 12.6. The van der Waals surface area contributed by atoms with Crippen LogP contribution in [0, 0.1) is 0 Å². The Kier molecular flexibility index (Phi) is 11.3. The van der Waals surface area contributed by atoms with Gasteiger partial charge in [-0.25, -0.2) is 0 Å². The first-order valence-corrected chi connectivity index (χ1v) is 9.01. The minimum Gasteiger partial charge on any atom is -0.461 e. The molecule has 3 atom stereocenters. The van der Waals surface area contributed by atoms with Gasteiger partial charge >= 0.3 is 17.9 Å². The van der Waals surface area contributed by atoms with Crippen LogP contribution in [0.1, 0.15) is 60.8 Å². The number of ether oxygens (including phenoxy) is 3. The number of esters is 3. The van der Waals surface area contributed by atoms with Crippen LogP contribution in [-0.4, -0.2) is 60.1 Å². The normalized spacial score (nSPS) is 13.9. The predicted octanol–water partition coefficient (Wildman–Crippen LogP) is 1.84. The van der Waals surface area contributed by atoms with Crippen molar-refractivity contribution in [2.75, 3.05) is 13.1 Å². The van der Waals surface area contributed by atoms with Crippen LogP contribution in [0.2, 0.25) is 0 Å². The van der Waals surface area contributed by atoms with Gasteiger partial charge in [-0.2, -0.15) is 0 Å². The zero-order valence-electron chi connectivity index (χ0n) is 16.6. The van der Waals surface area contributed by atoms with Crippen molar-refractivity contribution in [2.24, 2.45) is 0 Å². The van der Waals surface area contributed by atoms with Crippen LogP contribution < -0.4 is 0 Å². The SMILES string of the molecule is CCC(=O)O[C@@H](C)CN(C[C@H](C)OC(=O)CC)C(=O)[C@@H](C)OC(=O)CC. The summed E-state index contributed by atoms with van der Waals surface area (Å²) >= 11 is 0. The fraction of sp³-hybridized carbons (Fsp3) is 0.778. The van der Waals surface area contributed by atoms with Crippen LogP contribution in [0.15, 0.2) is 0 Å². The maximum absolute atomic E-state index is 12.6. The van der Waals surface area contributed by atoms with E-state index in [2.05, 4.69) is 0 Å². The molecule has 0 heterocycles. The van der Waals surface area contributed by atoms with Gasteiger partial charge in [0.2, 0.25) is 0 Å². The molecule has 0 saturated carbocycles. The van der Waals surface area contributed by atoms with Gasteiger partial charge in [0, 0.05) is 19.3 Å². The van der Waals surface area contributed by atoms with E-state index in [1.165, 1.54) is 11.8 Å². The molecule has 150 valence electrons. The molecule has 0 N–H and O–H groups in total. The number of amides is 1. The van der Waals surface area contributed by atoms with Gasteiger partial charge in [0.1, 0.15) is 12.2 Å². The summed E-state index contributed by atoms with van der Waals surface area (Å²) in [7, 11) is 0. The van der Waals surface area contributed by atoms with E-state index in [0.29, 0.717) is 0 Å². The van der Waals surface area contributed by atoms with Gasteiger partial charge < -0.3 is 19.1 Å². The van der Waals surface area contributed by atoms with Gasteiger partial charge in [-0.15, -0.1) is 0 Å². The molecule has 26 heavy (non-hydrogen) atoms. The van der Waals surface area contributed by atoms with Crippen LogP contribution in [0.25, 0.3) is 0 Å². The molecular weight excluding hydrogens is 342 g/mol. The summed E-state index contributed by atoms with van der Waals surface area (Å²) in [6, 6.07) is 0. The van der Waals surface area contributed by atoms with Crippen molar-refractivity contribution in [2.45, 2.75) is 79.1 Å². The molecule has 0 aliphatic carbocycles. The lowest BCUT2D eigenvalue weighted by Crippen LogP contribution is -2.47. The van der Waals surface area contributed by atoms with Crippen molar-refractivity contribution in [3.63, 3.8) is 0 Å². The number of hydrogen-bond acceptors (Lipinski definition) is 7. The second kappa shape index (κ2) is 12.3. The highest BCUT2D eigenvalue weighted by atomic mass is 16.6. The molecule has 1 amide bonds. The van der Waals surface area contributed by atoms with Gasteiger partial charge in [0.05, 0.1) is 13.1 Å². The molecule has 0 radical (unpaired) electrons. The molecule has 0 unspecified atom stereocenters. The Morgan fingerprint density at radius 1 is 0.692 bits per heavy atom. The van der Waals surface area contributed by atoms with Crippen molar-refractivity contribution < 1.29 is 33.4 Å². The molecule has 0 aromatic rings. The lowest BCUT2D eigenvalue weighted by atomic mass is 10.2. The summed E-state index contributed by atoms with van der Waals surface area (Å²) in [6.45, 7) is 10.0. The van der Waals surface area contributed by atoms with E-state index < -0.39 is 30.2 Å². The zero-order chi connectivity index (χ0) is 20.3. The summed E-state index contributed by atoms with van der Waals surface area (Å²) in [5, 5.41) is 0. The quantitative estimate of drug-likeness (QED) is 0.402. The van der Waals surface area contributed by atoms with E-state index in [0.717, 1.165) is 0 Å². The Labute approximate surface area is 155 Å². The summed E-state index contributed by atoms with van der Waals surface area (Å²) in [5.74, 6) is -1.67. The highest BCUT2D eigenvalue weighted by Gasteiger charge is 2.27. The van der Waals surface area contributed by atoms with E-state index in [4.69, 9.17) is 14.2 Å².